The van der Waals surface area contributed by atoms with E-state index < -0.39 is 20.0 Å². The number of nitrogens with two attached hydrogens (primary N) is 1. The Hall–Kier alpha value is -0.830. The highest BCUT2D eigenvalue weighted by molar-refractivity contribution is 7.92. The molecule has 0 radical (unpaired) electrons. The predicted molar refractivity (Wildman–Crippen MR) is 75.1 cm³/mol. The third kappa shape index (κ3) is 4.98. The predicted octanol–water partition coefficient (Wildman–Crippen LogP) is 1.39. The van der Waals surface area contributed by atoms with Gasteiger partial charge < -0.3 is 0 Å². The molecule has 0 unspecified atom stereocenters. The van der Waals surface area contributed by atoms with Crippen molar-refractivity contribution in [1.29, 1.82) is 0 Å². The average molecular weight is 327 g/mol. The average Bonchev–Trinajstić information content (AvgIpc) is 2.17. The van der Waals surface area contributed by atoms with Crippen LogP contribution in [0.2, 0.25) is 5.02 Å². The highest BCUT2D eigenvalue weighted by Crippen LogP contribution is 2.26. The van der Waals surface area contributed by atoms with E-state index in [2.05, 4.69) is 4.72 Å². The van der Waals surface area contributed by atoms with Crippen LogP contribution >= 0.6 is 11.6 Å². The fraction of sp³-hybridized carbons (Fsp3) is 0.400. The standard InChI is InChI=1S/C10H15ClN2O4S2/c1-7(2)6-18(14,15)13-10-5-8(19(12,16)17)3-4-9(10)11/h3-5,7,13H,6H2,1-2H3,(H2,12,16,17). The second-order valence-electron chi connectivity index (χ2n) is 4.46. The Kier molecular flexibility index (Phi) is 4.83. The molecule has 0 aliphatic heterocycles. The summed E-state index contributed by atoms with van der Waals surface area (Å²) >= 11 is 5.83. The third-order valence-corrected chi connectivity index (χ3v) is 4.96. The Balaban J connectivity index is 3.15. The summed E-state index contributed by atoms with van der Waals surface area (Å²) in [5, 5.41) is 5.07. The van der Waals surface area contributed by atoms with Crippen LogP contribution in [0.3, 0.4) is 0 Å². The van der Waals surface area contributed by atoms with Gasteiger partial charge in [0.15, 0.2) is 0 Å². The van der Waals surface area contributed by atoms with Crippen molar-refractivity contribution in [1.82, 2.24) is 0 Å². The number of hydrogen-bond donors (Lipinski definition) is 2. The van der Waals surface area contributed by atoms with Crippen LogP contribution in [0.4, 0.5) is 5.69 Å². The zero-order valence-electron chi connectivity index (χ0n) is 10.4. The molecule has 0 saturated carbocycles. The Bertz CT molecular complexity index is 669. The number of benzene rings is 1. The monoisotopic (exact) mass is 326 g/mol. The summed E-state index contributed by atoms with van der Waals surface area (Å²) in [5.74, 6) is -0.166. The quantitative estimate of drug-likeness (QED) is 0.852. The minimum atomic E-state index is -3.91. The fourth-order valence-corrected chi connectivity index (χ4v) is 3.63. The van der Waals surface area contributed by atoms with Crippen molar-refractivity contribution in [3.8, 4) is 0 Å². The van der Waals surface area contributed by atoms with Crippen molar-refractivity contribution in [2.45, 2.75) is 18.7 Å². The van der Waals surface area contributed by atoms with Gasteiger partial charge in [-0.3, -0.25) is 4.72 Å². The molecule has 1 rings (SSSR count). The van der Waals surface area contributed by atoms with Crippen LogP contribution in [0.5, 0.6) is 0 Å². The lowest BCUT2D eigenvalue weighted by atomic mass is 10.3. The topological polar surface area (TPSA) is 106 Å². The number of hydrogen-bond acceptors (Lipinski definition) is 4. The number of primary sulfonamides is 1. The summed E-state index contributed by atoms with van der Waals surface area (Å²) in [6.07, 6.45) is 0. The molecule has 0 bridgehead atoms. The number of anilines is 1. The lowest BCUT2D eigenvalue weighted by Gasteiger charge is -2.12. The van der Waals surface area contributed by atoms with E-state index in [1.165, 1.54) is 12.1 Å². The Morgan fingerprint density at radius 2 is 1.84 bits per heavy atom. The molecule has 0 amide bonds. The highest BCUT2D eigenvalue weighted by Gasteiger charge is 2.17. The number of nitrogens with one attached hydrogen (secondary N) is 1. The molecule has 6 nitrogen and oxygen atoms in total. The van der Waals surface area contributed by atoms with Gasteiger partial charge in [0.2, 0.25) is 20.0 Å². The second kappa shape index (κ2) is 5.66. The molecular formula is C10H15ClN2O4S2. The number of rotatable bonds is 5. The van der Waals surface area contributed by atoms with Crippen LogP contribution in [0.25, 0.3) is 0 Å². The summed E-state index contributed by atoms with van der Waals surface area (Å²) in [6, 6.07) is 3.57. The maximum atomic E-state index is 11.8. The summed E-state index contributed by atoms with van der Waals surface area (Å²) in [7, 11) is -7.50. The van der Waals surface area contributed by atoms with Crippen LogP contribution in [0.15, 0.2) is 23.1 Å². The van der Waals surface area contributed by atoms with Gasteiger partial charge >= 0.3 is 0 Å². The molecule has 0 aliphatic rings. The van der Waals surface area contributed by atoms with Crippen molar-refractivity contribution < 1.29 is 16.8 Å². The zero-order chi connectivity index (χ0) is 14.8. The van der Waals surface area contributed by atoms with Gasteiger partial charge in [-0.1, -0.05) is 25.4 Å². The molecule has 3 N–H and O–H groups in total. The van der Waals surface area contributed by atoms with Crippen molar-refractivity contribution in [3.63, 3.8) is 0 Å². The largest absolute Gasteiger partial charge is 0.282 e. The Morgan fingerprint density at radius 1 is 1.26 bits per heavy atom. The van der Waals surface area contributed by atoms with Crippen molar-refractivity contribution in [2.75, 3.05) is 10.5 Å². The van der Waals surface area contributed by atoms with Crippen LogP contribution in [-0.2, 0) is 20.0 Å². The molecule has 0 aliphatic carbocycles. The van der Waals surface area contributed by atoms with E-state index in [0.29, 0.717) is 0 Å². The molecule has 108 valence electrons. The van der Waals surface area contributed by atoms with Gasteiger partial charge in [0.25, 0.3) is 0 Å². The molecule has 1 aromatic carbocycles. The fourth-order valence-electron chi connectivity index (χ4n) is 1.41. The Labute approximate surface area is 118 Å². The molecule has 0 spiro atoms. The third-order valence-electron chi connectivity index (χ3n) is 2.08. The molecule has 19 heavy (non-hydrogen) atoms. The van der Waals surface area contributed by atoms with Gasteiger partial charge in [-0.25, -0.2) is 22.0 Å². The van der Waals surface area contributed by atoms with Gasteiger partial charge in [0, 0.05) is 0 Å². The lowest BCUT2D eigenvalue weighted by Crippen LogP contribution is -2.20. The van der Waals surface area contributed by atoms with E-state index in [9.17, 15) is 16.8 Å². The summed E-state index contributed by atoms with van der Waals surface area (Å²) < 4.78 is 48.2. The van der Waals surface area contributed by atoms with Crippen LogP contribution < -0.4 is 9.86 Å². The van der Waals surface area contributed by atoms with Crippen LogP contribution in [-0.4, -0.2) is 22.6 Å². The van der Waals surface area contributed by atoms with E-state index in [1.807, 2.05) is 0 Å². The molecule has 1 aromatic rings. The van der Waals surface area contributed by atoms with Gasteiger partial charge in [0.1, 0.15) is 0 Å². The van der Waals surface area contributed by atoms with Gasteiger partial charge in [-0.15, -0.1) is 0 Å². The van der Waals surface area contributed by atoms with Gasteiger partial charge in [-0.2, -0.15) is 0 Å². The van der Waals surface area contributed by atoms with E-state index >= 15 is 0 Å². The first-order chi connectivity index (χ1) is 8.51. The normalized spacial score (nSPS) is 12.7. The molecule has 0 saturated heterocycles. The smallest absolute Gasteiger partial charge is 0.238 e. The maximum absolute atomic E-state index is 11.8. The van der Waals surface area contributed by atoms with E-state index in [4.69, 9.17) is 16.7 Å². The second-order valence-corrected chi connectivity index (χ2v) is 8.20. The first kappa shape index (κ1) is 16.2. The molecule has 0 aromatic heterocycles. The number of halogens is 1. The van der Waals surface area contributed by atoms with Crippen molar-refractivity contribution in [3.05, 3.63) is 23.2 Å². The van der Waals surface area contributed by atoms with E-state index in [-0.39, 0.29) is 27.3 Å². The van der Waals surface area contributed by atoms with Crippen LogP contribution in [0, 0.1) is 5.92 Å². The van der Waals surface area contributed by atoms with Gasteiger partial charge in [-0.05, 0) is 24.1 Å². The maximum Gasteiger partial charge on any atom is 0.238 e. The SMILES string of the molecule is CC(C)CS(=O)(=O)Nc1cc(S(N)(=O)=O)ccc1Cl. The summed E-state index contributed by atoms with van der Waals surface area (Å²) in [4.78, 5) is -0.209. The lowest BCUT2D eigenvalue weighted by molar-refractivity contribution is 0.587. The minimum Gasteiger partial charge on any atom is -0.282 e. The first-order valence-corrected chi connectivity index (χ1v) is 8.92. The summed E-state index contributed by atoms with van der Waals surface area (Å²) in [6.45, 7) is 3.50. The van der Waals surface area contributed by atoms with E-state index in [0.717, 1.165) is 6.07 Å². The molecule has 9 heteroatoms. The van der Waals surface area contributed by atoms with E-state index in [1.54, 1.807) is 13.8 Å². The minimum absolute atomic E-state index is 0.00570. The molecule has 0 heterocycles. The molecule has 0 atom stereocenters. The van der Waals surface area contributed by atoms with Crippen molar-refractivity contribution in [2.24, 2.45) is 11.1 Å². The Morgan fingerprint density at radius 3 is 2.32 bits per heavy atom. The molecular weight excluding hydrogens is 312 g/mol. The summed E-state index contributed by atoms with van der Waals surface area (Å²) in [5.41, 5.74) is -0.00570. The van der Waals surface area contributed by atoms with Gasteiger partial charge in [0.05, 0.1) is 21.4 Å². The highest BCUT2D eigenvalue weighted by atomic mass is 35.5. The molecule has 0 fully saturated rings. The van der Waals surface area contributed by atoms with Crippen molar-refractivity contribution >= 4 is 37.3 Å². The van der Waals surface area contributed by atoms with Crippen LogP contribution in [0.1, 0.15) is 13.8 Å². The zero-order valence-corrected chi connectivity index (χ0v) is 12.8. The number of sulfonamides is 2. The first-order valence-electron chi connectivity index (χ1n) is 5.34.